The minimum atomic E-state index is -4.41. The van der Waals surface area contributed by atoms with E-state index in [-0.39, 0.29) is 12.1 Å². The van der Waals surface area contributed by atoms with E-state index in [2.05, 4.69) is 0 Å². The van der Waals surface area contributed by atoms with E-state index >= 15 is 0 Å². The Bertz CT molecular complexity index is 449. The standard InChI is InChI=1S/C13H16F3NO3/c1-20-11-4-2-3-10(7-11)12(19)8-17(5-6-18)9-13(14,15)16/h2-4,7,18H,5-6,8-9H2,1H3. The number of methoxy groups -OCH3 is 1. The van der Waals surface area contributed by atoms with Crippen molar-refractivity contribution in [1.82, 2.24) is 4.90 Å². The lowest BCUT2D eigenvalue weighted by Gasteiger charge is -2.21. The second-order valence-corrected chi connectivity index (χ2v) is 4.20. The molecule has 0 atom stereocenters. The number of halogens is 3. The van der Waals surface area contributed by atoms with Crippen LogP contribution in [0.3, 0.4) is 0 Å². The first kappa shape index (κ1) is 16.5. The maximum absolute atomic E-state index is 12.3. The van der Waals surface area contributed by atoms with Crippen LogP contribution in [0.4, 0.5) is 13.2 Å². The zero-order valence-electron chi connectivity index (χ0n) is 11.0. The van der Waals surface area contributed by atoms with Crippen molar-refractivity contribution in [1.29, 1.82) is 0 Å². The van der Waals surface area contributed by atoms with Gasteiger partial charge in [-0.1, -0.05) is 12.1 Å². The van der Waals surface area contributed by atoms with Gasteiger partial charge in [0.05, 0.1) is 26.8 Å². The maximum Gasteiger partial charge on any atom is 0.401 e. The van der Waals surface area contributed by atoms with Crippen LogP contribution in [0.2, 0.25) is 0 Å². The predicted molar refractivity (Wildman–Crippen MR) is 66.9 cm³/mol. The highest BCUT2D eigenvalue weighted by atomic mass is 19.4. The summed E-state index contributed by atoms with van der Waals surface area (Å²) >= 11 is 0. The van der Waals surface area contributed by atoms with Gasteiger partial charge in [0.25, 0.3) is 0 Å². The number of benzene rings is 1. The van der Waals surface area contributed by atoms with Crippen LogP contribution in [0, 0.1) is 0 Å². The van der Waals surface area contributed by atoms with E-state index in [9.17, 15) is 18.0 Å². The Morgan fingerprint density at radius 1 is 1.40 bits per heavy atom. The highest BCUT2D eigenvalue weighted by Crippen LogP contribution is 2.17. The SMILES string of the molecule is COc1cccc(C(=O)CN(CCO)CC(F)(F)F)c1. The number of ketones is 1. The van der Waals surface area contributed by atoms with E-state index in [1.54, 1.807) is 12.1 Å². The van der Waals surface area contributed by atoms with Crippen LogP contribution in [0.1, 0.15) is 10.4 Å². The third-order valence-electron chi connectivity index (χ3n) is 2.58. The summed E-state index contributed by atoms with van der Waals surface area (Å²) in [5.41, 5.74) is 0.273. The van der Waals surface area contributed by atoms with E-state index in [1.807, 2.05) is 0 Å². The van der Waals surface area contributed by atoms with Gasteiger partial charge in [0.1, 0.15) is 5.75 Å². The Morgan fingerprint density at radius 2 is 2.10 bits per heavy atom. The number of Topliss-reactive ketones (excluding diaryl/α,β-unsaturated/α-hetero) is 1. The van der Waals surface area contributed by atoms with Crippen LogP contribution >= 0.6 is 0 Å². The predicted octanol–water partition coefficient (Wildman–Crippen LogP) is 1.73. The van der Waals surface area contributed by atoms with Gasteiger partial charge in [-0.25, -0.2) is 0 Å². The second-order valence-electron chi connectivity index (χ2n) is 4.20. The highest BCUT2D eigenvalue weighted by Gasteiger charge is 2.31. The Kier molecular flexibility index (Phi) is 5.97. The Hall–Kier alpha value is -1.60. The number of hydrogen-bond donors (Lipinski definition) is 1. The first-order valence-electron chi connectivity index (χ1n) is 5.93. The van der Waals surface area contributed by atoms with Gasteiger partial charge in [-0.05, 0) is 12.1 Å². The number of alkyl halides is 3. The van der Waals surface area contributed by atoms with Crippen molar-refractivity contribution in [2.75, 3.05) is 33.4 Å². The molecule has 0 heterocycles. The first-order chi connectivity index (χ1) is 9.35. The van der Waals surface area contributed by atoms with Crippen LogP contribution in [-0.2, 0) is 0 Å². The molecule has 0 fully saturated rings. The molecule has 0 aliphatic carbocycles. The maximum atomic E-state index is 12.3. The number of ether oxygens (including phenoxy) is 1. The van der Waals surface area contributed by atoms with Crippen molar-refractivity contribution in [3.63, 3.8) is 0 Å². The minimum Gasteiger partial charge on any atom is -0.497 e. The molecule has 1 aromatic carbocycles. The van der Waals surface area contributed by atoms with E-state index in [0.29, 0.717) is 5.75 Å². The number of aliphatic hydroxyl groups is 1. The van der Waals surface area contributed by atoms with Gasteiger partial charge < -0.3 is 9.84 Å². The number of carbonyl (C=O) groups is 1. The topological polar surface area (TPSA) is 49.8 Å². The van der Waals surface area contributed by atoms with Gasteiger partial charge in [-0.15, -0.1) is 0 Å². The normalized spacial score (nSPS) is 11.7. The molecule has 0 radical (unpaired) electrons. The lowest BCUT2D eigenvalue weighted by Crippen LogP contribution is -2.39. The average molecular weight is 291 g/mol. The lowest BCUT2D eigenvalue weighted by atomic mass is 10.1. The second kappa shape index (κ2) is 7.25. The quantitative estimate of drug-likeness (QED) is 0.777. The summed E-state index contributed by atoms with van der Waals surface area (Å²) in [6.45, 7) is -2.30. The van der Waals surface area contributed by atoms with Crippen LogP contribution in [-0.4, -0.2) is 55.3 Å². The third-order valence-corrected chi connectivity index (χ3v) is 2.58. The highest BCUT2D eigenvalue weighted by molar-refractivity contribution is 5.97. The molecule has 1 N–H and O–H groups in total. The average Bonchev–Trinajstić information content (AvgIpc) is 2.37. The van der Waals surface area contributed by atoms with Crippen LogP contribution in [0.15, 0.2) is 24.3 Å². The monoisotopic (exact) mass is 291 g/mol. The molecule has 0 amide bonds. The fraction of sp³-hybridized carbons (Fsp3) is 0.462. The van der Waals surface area contributed by atoms with Crippen molar-refractivity contribution < 1.29 is 27.8 Å². The Balaban J connectivity index is 2.74. The summed E-state index contributed by atoms with van der Waals surface area (Å²) in [4.78, 5) is 12.8. The summed E-state index contributed by atoms with van der Waals surface area (Å²) in [5.74, 6) is 0.00183. The lowest BCUT2D eigenvalue weighted by molar-refractivity contribution is -0.145. The molecule has 0 aliphatic heterocycles. The van der Waals surface area contributed by atoms with Gasteiger partial charge in [0, 0.05) is 12.1 Å². The Morgan fingerprint density at radius 3 is 2.65 bits per heavy atom. The number of rotatable bonds is 7. The zero-order chi connectivity index (χ0) is 15.2. The van der Waals surface area contributed by atoms with Crippen molar-refractivity contribution in [3.8, 4) is 5.75 Å². The number of hydrogen-bond acceptors (Lipinski definition) is 4. The molecule has 1 rings (SSSR count). The van der Waals surface area contributed by atoms with Gasteiger partial charge in [-0.3, -0.25) is 9.69 Å². The first-order valence-corrected chi connectivity index (χ1v) is 5.93. The molecule has 1 aromatic rings. The summed E-state index contributed by atoms with van der Waals surface area (Å²) in [6.07, 6.45) is -4.41. The zero-order valence-corrected chi connectivity index (χ0v) is 11.0. The van der Waals surface area contributed by atoms with Gasteiger partial charge >= 0.3 is 6.18 Å². The smallest absolute Gasteiger partial charge is 0.401 e. The summed E-state index contributed by atoms with van der Waals surface area (Å²) < 4.78 is 42.0. The van der Waals surface area contributed by atoms with Crippen molar-refractivity contribution in [3.05, 3.63) is 29.8 Å². The van der Waals surface area contributed by atoms with E-state index in [4.69, 9.17) is 9.84 Å². The molecular formula is C13H16F3NO3. The summed E-state index contributed by atoms with van der Waals surface area (Å²) in [5, 5.41) is 8.76. The number of carbonyl (C=O) groups excluding carboxylic acids is 1. The van der Waals surface area contributed by atoms with Crippen LogP contribution in [0.5, 0.6) is 5.75 Å². The molecular weight excluding hydrogens is 275 g/mol. The van der Waals surface area contributed by atoms with E-state index in [0.717, 1.165) is 4.90 Å². The van der Waals surface area contributed by atoms with Gasteiger partial charge in [-0.2, -0.15) is 13.2 Å². The van der Waals surface area contributed by atoms with Crippen molar-refractivity contribution in [2.45, 2.75) is 6.18 Å². The summed E-state index contributed by atoms with van der Waals surface area (Å²) in [7, 11) is 1.44. The molecule has 0 unspecified atom stereocenters. The number of aliphatic hydroxyl groups excluding tert-OH is 1. The fourth-order valence-corrected chi connectivity index (χ4v) is 1.70. The van der Waals surface area contributed by atoms with Gasteiger partial charge in [0.15, 0.2) is 5.78 Å². The molecule has 0 spiro atoms. The minimum absolute atomic E-state index is 0.213. The summed E-state index contributed by atoms with van der Waals surface area (Å²) in [6, 6.07) is 6.20. The Labute approximate surface area is 114 Å². The fourth-order valence-electron chi connectivity index (χ4n) is 1.70. The largest absolute Gasteiger partial charge is 0.497 e. The van der Waals surface area contributed by atoms with E-state index in [1.165, 1.54) is 19.2 Å². The molecule has 0 saturated heterocycles. The third kappa shape index (κ3) is 5.58. The molecule has 0 saturated carbocycles. The molecule has 7 heteroatoms. The molecule has 0 aliphatic rings. The van der Waals surface area contributed by atoms with Crippen molar-refractivity contribution >= 4 is 5.78 Å². The van der Waals surface area contributed by atoms with Gasteiger partial charge in [0.2, 0.25) is 0 Å². The molecule has 0 bridgehead atoms. The number of nitrogens with zero attached hydrogens (tertiary/aromatic N) is 1. The van der Waals surface area contributed by atoms with E-state index < -0.39 is 31.7 Å². The molecule has 4 nitrogen and oxygen atoms in total. The van der Waals surface area contributed by atoms with Crippen molar-refractivity contribution in [2.24, 2.45) is 0 Å². The molecule has 0 aromatic heterocycles. The molecule has 20 heavy (non-hydrogen) atoms. The van der Waals surface area contributed by atoms with Crippen LogP contribution < -0.4 is 4.74 Å². The molecule has 112 valence electrons. The van der Waals surface area contributed by atoms with Crippen LogP contribution in [0.25, 0.3) is 0 Å².